The summed E-state index contributed by atoms with van der Waals surface area (Å²) < 4.78 is 24.3. The van der Waals surface area contributed by atoms with Gasteiger partial charge < -0.3 is 23.8 Å². The van der Waals surface area contributed by atoms with Crippen LogP contribution in [-0.4, -0.2) is 62.3 Å². The Kier molecular flexibility index (Phi) is 16.3. The number of hydrogen-bond donors (Lipinski definition) is 1. The molecular weight excluding hydrogens is 513 g/mol. The molecule has 41 heavy (non-hydrogen) atoms. The van der Waals surface area contributed by atoms with Crippen LogP contribution < -0.4 is 9.47 Å². The molecule has 1 heterocycles. The Balaban J connectivity index is 1.54. The monoisotopic (exact) mass is 567 g/mol. The number of unbranched alkanes of at least 4 members (excludes halogenated alkanes) is 9. The van der Waals surface area contributed by atoms with Crippen molar-refractivity contribution >= 4 is 7.32 Å². The summed E-state index contributed by atoms with van der Waals surface area (Å²) in [4.78, 5) is 2.40. The molecule has 0 radical (unpaired) electrons. The number of nitrogens with zero attached hydrogens (tertiary/aromatic N) is 1. The molecular formula is C34H54BNO5. The van der Waals surface area contributed by atoms with E-state index in [1.807, 2.05) is 36.4 Å². The molecule has 1 fully saturated rings. The summed E-state index contributed by atoms with van der Waals surface area (Å²) in [7, 11) is -1.32. The summed E-state index contributed by atoms with van der Waals surface area (Å²) >= 11 is 0. The lowest BCUT2D eigenvalue weighted by Gasteiger charge is -2.35. The molecule has 0 amide bonds. The van der Waals surface area contributed by atoms with Crippen molar-refractivity contribution in [3.63, 3.8) is 0 Å². The highest BCUT2D eigenvalue weighted by Crippen LogP contribution is 2.22. The summed E-state index contributed by atoms with van der Waals surface area (Å²) in [5.41, 5.74) is 2.34. The van der Waals surface area contributed by atoms with E-state index in [1.54, 1.807) is 0 Å². The largest absolute Gasteiger partial charge is 0.637 e. The van der Waals surface area contributed by atoms with Crippen LogP contribution in [0.2, 0.25) is 0 Å². The number of aryl methyl sites for hydroxylation is 2. The first-order valence-electron chi connectivity index (χ1n) is 16.3. The Morgan fingerprint density at radius 3 is 1.59 bits per heavy atom. The Labute approximate surface area is 249 Å². The Morgan fingerprint density at radius 1 is 0.683 bits per heavy atom. The molecule has 0 spiro atoms. The first-order valence-corrected chi connectivity index (χ1v) is 16.3. The van der Waals surface area contributed by atoms with Crippen molar-refractivity contribution in [1.29, 1.82) is 0 Å². The van der Waals surface area contributed by atoms with Crippen LogP contribution in [0.25, 0.3) is 0 Å². The predicted molar refractivity (Wildman–Crippen MR) is 169 cm³/mol. The Bertz CT molecular complexity index is 897. The predicted octanol–water partition coefficient (Wildman–Crippen LogP) is 7.25. The topological polar surface area (TPSA) is 60.4 Å². The first kappa shape index (κ1) is 33.4. The summed E-state index contributed by atoms with van der Waals surface area (Å²) in [6.07, 6.45) is 14.3. The van der Waals surface area contributed by atoms with Crippen molar-refractivity contribution < 1.29 is 23.8 Å². The van der Waals surface area contributed by atoms with Gasteiger partial charge >= 0.3 is 7.32 Å². The average Bonchev–Trinajstić information content (AvgIpc) is 2.98. The normalized spacial score (nSPS) is 18.2. The SMILES string of the molecule is CCCCCCCCCCCCN1CC(COc2ccccc2CC)OB(O)OC(COc2ccccc2CC)C1. The van der Waals surface area contributed by atoms with Gasteiger partial charge in [0.2, 0.25) is 0 Å². The van der Waals surface area contributed by atoms with E-state index in [0.717, 1.165) is 37.3 Å². The van der Waals surface area contributed by atoms with Crippen LogP contribution in [0.5, 0.6) is 11.5 Å². The van der Waals surface area contributed by atoms with Crippen LogP contribution in [0.3, 0.4) is 0 Å². The van der Waals surface area contributed by atoms with Gasteiger partial charge in [-0.2, -0.15) is 0 Å². The van der Waals surface area contributed by atoms with Crippen LogP contribution in [0, 0.1) is 0 Å². The standard InChI is InChI=1S/C34H54BNO5/c1-4-7-8-9-10-11-12-13-14-19-24-36-25-31(27-38-33-22-17-15-20-29(33)5-2)40-35(37)41-32(26-36)28-39-34-23-18-16-21-30(34)6-3/h15-18,20-23,31-32,37H,4-14,19,24-28H2,1-3H3. The second-order valence-corrected chi connectivity index (χ2v) is 11.3. The van der Waals surface area contributed by atoms with E-state index in [2.05, 4.69) is 37.8 Å². The highest BCUT2D eigenvalue weighted by molar-refractivity contribution is 6.34. The van der Waals surface area contributed by atoms with E-state index < -0.39 is 7.32 Å². The number of rotatable bonds is 19. The molecule has 3 rings (SSSR count). The van der Waals surface area contributed by atoms with Gasteiger partial charge in [-0.15, -0.1) is 0 Å². The van der Waals surface area contributed by atoms with E-state index in [0.29, 0.717) is 26.3 Å². The third-order valence-electron chi connectivity index (χ3n) is 7.93. The van der Waals surface area contributed by atoms with Crippen molar-refractivity contribution in [1.82, 2.24) is 4.90 Å². The summed E-state index contributed by atoms with van der Waals surface area (Å²) in [6.45, 7) is 9.55. The van der Waals surface area contributed by atoms with Crippen molar-refractivity contribution in [2.24, 2.45) is 0 Å². The molecule has 1 saturated heterocycles. The minimum absolute atomic E-state index is 0.305. The summed E-state index contributed by atoms with van der Waals surface area (Å²) in [5, 5.41) is 10.6. The van der Waals surface area contributed by atoms with Crippen LogP contribution in [0.1, 0.15) is 96.1 Å². The first-order chi connectivity index (χ1) is 20.1. The van der Waals surface area contributed by atoms with Gasteiger partial charge in [-0.05, 0) is 49.1 Å². The van der Waals surface area contributed by atoms with E-state index in [9.17, 15) is 5.02 Å². The van der Waals surface area contributed by atoms with E-state index >= 15 is 0 Å². The lowest BCUT2D eigenvalue weighted by molar-refractivity contribution is -0.0317. The fourth-order valence-corrected chi connectivity index (χ4v) is 5.53. The van der Waals surface area contributed by atoms with E-state index in [4.69, 9.17) is 18.8 Å². The van der Waals surface area contributed by atoms with Gasteiger partial charge in [0.25, 0.3) is 0 Å². The second kappa shape index (κ2) is 20.0. The Hall–Kier alpha value is -2.06. The summed E-state index contributed by atoms with van der Waals surface area (Å²) in [5.74, 6) is 1.75. The molecule has 0 aromatic heterocycles. The number of para-hydroxylation sites is 2. The molecule has 2 unspecified atom stereocenters. The highest BCUT2D eigenvalue weighted by Gasteiger charge is 2.32. The van der Waals surface area contributed by atoms with Gasteiger partial charge in [0, 0.05) is 13.1 Å². The highest BCUT2D eigenvalue weighted by atomic mass is 16.7. The molecule has 2 atom stereocenters. The lowest BCUT2D eigenvalue weighted by atomic mass is 10.1. The van der Waals surface area contributed by atoms with Crippen molar-refractivity contribution in [3.05, 3.63) is 59.7 Å². The molecule has 1 N–H and O–H groups in total. The van der Waals surface area contributed by atoms with E-state index in [-0.39, 0.29) is 12.2 Å². The maximum atomic E-state index is 10.6. The van der Waals surface area contributed by atoms with Crippen molar-refractivity contribution in [3.8, 4) is 11.5 Å². The number of benzene rings is 2. The Morgan fingerprint density at radius 2 is 1.12 bits per heavy atom. The molecule has 1 aliphatic rings. The molecule has 228 valence electrons. The van der Waals surface area contributed by atoms with Crippen molar-refractivity contribution in [2.45, 2.75) is 110 Å². The number of hydrogen-bond acceptors (Lipinski definition) is 6. The lowest BCUT2D eigenvalue weighted by Crippen LogP contribution is -2.51. The maximum absolute atomic E-state index is 10.6. The van der Waals surface area contributed by atoms with Gasteiger partial charge in [-0.1, -0.05) is 115 Å². The van der Waals surface area contributed by atoms with Gasteiger partial charge in [0.05, 0.1) is 12.2 Å². The fraction of sp³-hybridized carbons (Fsp3) is 0.647. The molecule has 0 saturated carbocycles. The van der Waals surface area contributed by atoms with E-state index in [1.165, 1.54) is 68.9 Å². The summed E-state index contributed by atoms with van der Waals surface area (Å²) in [6, 6.07) is 16.2. The van der Waals surface area contributed by atoms with Crippen LogP contribution in [0.15, 0.2) is 48.5 Å². The minimum Gasteiger partial charge on any atom is -0.491 e. The quantitative estimate of drug-likeness (QED) is 0.143. The van der Waals surface area contributed by atoms with Gasteiger partial charge in [0.15, 0.2) is 0 Å². The van der Waals surface area contributed by atoms with Gasteiger partial charge in [-0.25, -0.2) is 0 Å². The van der Waals surface area contributed by atoms with Crippen LogP contribution in [0.4, 0.5) is 0 Å². The second-order valence-electron chi connectivity index (χ2n) is 11.3. The molecule has 0 bridgehead atoms. The maximum Gasteiger partial charge on any atom is 0.637 e. The molecule has 2 aromatic carbocycles. The van der Waals surface area contributed by atoms with Crippen LogP contribution in [-0.2, 0) is 22.2 Å². The average molecular weight is 568 g/mol. The third kappa shape index (κ3) is 12.8. The van der Waals surface area contributed by atoms with Gasteiger partial charge in [-0.3, -0.25) is 4.90 Å². The smallest absolute Gasteiger partial charge is 0.491 e. The fourth-order valence-electron chi connectivity index (χ4n) is 5.53. The molecule has 1 aliphatic heterocycles. The minimum atomic E-state index is -1.32. The zero-order valence-electron chi connectivity index (χ0n) is 25.9. The zero-order chi connectivity index (χ0) is 29.1. The molecule has 0 aliphatic carbocycles. The molecule has 6 nitrogen and oxygen atoms in total. The number of ether oxygens (including phenoxy) is 2. The van der Waals surface area contributed by atoms with Gasteiger partial charge in [0.1, 0.15) is 24.7 Å². The van der Waals surface area contributed by atoms with Crippen LogP contribution >= 0.6 is 0 Å². The third-order valence-corrected chi connectivity index (χ3v) is 7.93. The molecule has 7 heteroatoms. The molecule has 2 aromatic rings. The van der Waals surface area contributed by atoms with Crippen molar-refractivity contribution in [2.75, 3.05) is 32.8 Å². The zero-order valence-corrected chi connectivity index (χ0v) is 25.9.